The lowest BCUT2D eigenvalue weighted by Crippen LogP contribution is -2.45. The summed E-state index contributed by atoms with van der Waals surface area (Å²) in [7, 11) is 0. The fourth-order valence-electron chi connectivity index (χ4n) is 6.17. The summed E-state index contributed by atoms with van der Waals surface area (Å²) in [6, 6.07) is 14.0. The average Bonchev–Trinajstić information content (AvgIpc) is 3.73. The van der Waals surface area contributed by atoms with Crippen molar-refractivity contribution < 1.29 is 33.1 Å². The molecule has 0 aliphatic carbocycles. The molecule has 0 bridgehead atoms. The van der Waals surface area contributed by atoms with Crippen LogP contribution in [0.5, 0.6) is 0 Å². The number of aliphatic imine (C=N–C) groups is 1. The number of benzene rings is 2. The predicted molar refractivity (Wildman–Crippen MR) is 190 cm³/mol. The van der Waals surface area contributed by atoms with E-state index in [1.54, 1.807) is 43.9 Å². The zero-order valence-corrected chi connectivity index (χ0v) is 29.5. The first-order chi connectivity index (χ1) is 24.3. The fraction of sp³-hybridized carbons (Fsp3) is 0.447. The molecule has 0 saturated carbocycles. The number of amides is 3. The predicted octanol–water partition coefficient (Wildman–Crippen LogP) is 4.65. The lowest BCUT2D eigenvalue weighted by molar-refractivity contribution is -0.153. The molecule has 51 heavy (non-hydrogen) atoms. The number of carbonyl (C=O) groups excluding carboxylic acids is 5. The van der Waals surface area contributed by atoms with Crippen LogP contribution in [0.2, 0.25) is 0 Å². The number of nitriles is 1. The van der Waals surface area contributed by atoms with E-state index in [-0.39, 0.29) is 41.9 Å². The van der Waals surface area contributed by atoms with Crippen molar-refractivity contribution in [2.75, 3.05) is 38.0 Å². The molecule has 13 nitrogen and oxygen atoms in total. The summed E-state index contributed by atoms with van der Waals surface area (Å²) in [5.74, 6) is -2.87. The highest BCUT2D eigenvalue weighted by Crippen LogP contribution is 2.25. The lowest BCUT2D eigenvalue weighted by Gasteiger charge is -2.25. The van der Waals surface area contributed by atoms with Crippen LogP contribution >= 0.6 is 0 Å². The molecule has 2 fully saturated rings. The summed E-state index contributed by atoms with van der Waals surface area (Å²) in [5.41, 5.74) is 0.849. The number of furan rings is 1. The average molecular weight is 697 g/mol. The summed E-state index contributed by atoms with van der Waals surface area (Å²) in [6.07, 6.45) is 3.64. The number of esters is 1. The van der Waals surface area contributed by atoms with Crippen LogP contribution in [0.25, 0.3) is 11.0 Å². The van der Waals surface area contributed by atoms with E-state index < -0.39 is 35.2 Å². The van der Waals surface area contributed by atoms with Crippen LogP contribution < -0.4 is 10.6 Å². The van der Waals surface area contributed by atoms with Gasteiger partial charge in [0.1, 0.15) is 35.4 Å². The first kappa shape index (κ1) is 36.8. The monoisotopic (exact) mass is 696 g/mol. The summed E-state index contributed by atoms with van der Waals surface area (Å²) in [5, 5.41) is 16.9. The molecule has 2 aromatic carbocycles. The van der Waals surface area contributed by atoms with Crippen LogP contribution in [0.1, 0.15) is 79.4 Å². The second kappa shape index (κ2) is 16.0. The van der Waals surface area contributed by atoms with Gasteiger partial charge in [0, 0.05) is 41.8 Å². The topological polar surface area (TPSA) is 174 Å². The molecule has 13 heteroatoms. The third kappa shape index (κ3) is 9.60. The molecule has 268 valence electrons. The number of hydrogen-bond donors (Lipinski definition) is 2. The second-order valence-electron chi connectivity index (χ2n) is 13.9. The zero-order chi connectivity index (χ0) is 36.7. The van der Waals surface area contributed by atoms with Gasteiger partial charge in [0.15, 0.2) is 11.7 Å². The van der Waals surface area contributed by atoms with E-state index in [2.05, 4.69) is 16.7 Å². The van der Waals surface area contributed by atoms with Gasteiger partial charge >= 0.3 is 5.97 Å². The van der Waals surface area contributed by atoms with E-state index in [0.717, 1.165) is 24.0 Å². The summed E-state index contributed by atoms with van der Waals surface area (Å²) >= 11 is 0. The minimum absolute atomic E-state index is 0.00711. The van der Waals surface area contributed by atoms with Crippen molar-refractivity contribution in [3.8, 4) is 6.07 Å². The molecule has 2 aliphatic heterocycles. The minimum atomic E-state index is -1.44. The maximum atomic E-state index is 13.9. The molecule has 0 spiro atoms. The Hall–Kier alpha value is -5.51. The van der Waals surface area contributed by atoms with E-state index in [1.165, 1.54) is 29.2 Å². The Labute approximate surface area is 297 Å². The Morgan fingerprint density at radius 2 is 1.69 bits per heavy atom. The molecule has 2 N–H and O–H groups in total. The molecular formula is C38H44N6O7. The summed E-state index contributed by atoms with van der Waals surface area (Å²) in [6.45, 7) is 8.42. The number of rotatable bonds is 10. The van der Waals surface area contributed by atoms with E-state index >= 15 is 0 Å². The number of nitrogens with zero attached hydrogens (tertiary/aromatic N) is 4. The maximum Gasteiger partial charge on any atom is 0.325 e. The smallest absolute Gasteiger partial charge is 0.325 e. The number of ether oxygens (including phenoxy) is 1. The van der Waals surface area contributed by atoms with Gasteiger partial charge in [0.25, 0.3) is 5.91 Å². The molecule has 5 rings (SSSR count). The largest absolute Gasteiger partial charge is 0.461 e. The van der Waals surface area contributed by atoms with Crippen molar-refractivity contribution in [1.29, 1.82) is 5.26 Å². The SMILES string of the molecule is Cc1cc2cc(NC(=N[C@H]3CCCCN(CC(=O)N4CCCC4)C3=O)C(C#N)C(=O)c3ccc(C(=O)NCC(=O)OC(C)(C)C)cc3)ccc2o1. The maximum absolute atomic E-state index is 13.9. The summed E-state index contributed by atoms with van der Waals surface area (Å²) in [4.78, 5) is 73.6. The second-order valence-corrected chi connectivity index (χ2v) is 13.9. The molecule has 2 atom stereocenters. The Morgan fingerprint density at radius 3 is 2.37 bits per heavy atom. The van der Waals surface area contributed by atoms with Crippen molar-refractivity contribution in [3.63, 3.8) is 0 Å². The Bertz CT molecular complexity index is 1860. The van der Waals surface area contributed by atoms with Gasteiger partial charge in [-0.2, -0.15) is 5.26 Å². The van der Waals surface area contributed by atoms with Crippen LogP contribution in [0, 0.1) is 24.2 Å². The van der Waals surface area contributed by atoms with Crippen molar-refractivity contribution in [2.24, 2.45) is 10.9 Å². The van der Waals surface area contributed by atoms with Gasteiger partial charge in [-0.25, -0.2) is 0 Å². The van der Waals surface area contributed by atoms with Gasteiger partial charge in [0.2, 0.25) is 11.8 Å². The molecule has 1 aromatic heterocycles. The van der Waals surface area contributed by atoms with Gasteiger partial charge in [-0.05, 0) is 96.2 Å². The van der Waals surface area contributed by atoms with Crippen LogP contribution in [-0.2, 0) is 19.1 Å². The number of aryl methyl sites for hydroxylation is 1. The fourth-order valence-corrected chi connectivity index (χ4v) is 6.17. The molecule has 1 unspecified atom stereocenters. The third-order valence-electron chi connectivity index (χ3n) is 8.65. The highest BCUT2D eigenvalue weighted by atomic mass is 16.6. The van der Waals surface area contributed by atoms with E-state index in [0.29, 0.717) is 50.2 Å². The quantitative estimate of drug-likeness (QED) is 0.132. The lowest BCUT2D eigenvalue weighted by atomic mass is 9.96. The minimum Gasteiger partial charge on any atom is -0.461 e. The Kier molecular flexibility index (Phi) is 11.5. The molecule has 3 heterocycles. The van der Waals surface area contributed by atoms with Crippen molar-refractivity contribution in [3.05, 3.63) is 65.4 Å². The molecule has 3 amide bonds. The van der Waals surface area contributed by atoms with Crippen molar-refractivity contribution in [2.45, 2.75) is 71.4 Å². The zero-order valence-electron chi connectivity index (χ0n) is 29.5. The van der Waals surface area contributed by atoms with Crippen molar-refractivity contribution in [1.82, 2.24) is 15.1 Å². The number of fused-ring (bicyclic) bond motifs is 1. The number of ketones is 1. The van der Waals surface area contributed by atoms with E-state index in [4.69, 9.17) is 14.1 Å². The van der Waals surface area contributed by atoms with Gasteiger partial charge in [0.05, 0.1) is 12.6 Å². The van der Waals surface area contributed by atoms with E-state index in [9.17, 15) is 29.2 Å². The molecule has 3 aromatic rings. The van der Waals surface area contributed by atoms with Crippen LogP contribution in [0.15, 0.2) is 57.9 Å². The van der Waals surface area contributed by atoms with Gasteiger partial charge in [-0.1, -0.05) is 12.1 Å². The van der Waals surface area contributed by atoms with Crippen LogP contribution in [0.3, 0.4) is 0 Å². The number of carbonyl (C=O) groups is 5. The number of likely N-dealkylation sites (tertiary alicyclic amines) is 2. The normalized spacial score (nSPS) is 17.4. The van der Waals surface area contributed by atoms with Gasteiger partial charge < -0.3 is 29.6 Å². The Balaban J connectivity index is 1.39. The number of hydrogen-bond acceptors (Lipinski definition) is 9. The Morgan fingerprint density at radius 1 is 1.00 bits per heavy atom. The first-order valence-electron chi connectivity index (χ1n) is 17.3. The highest BCUT2D eigenvalue weighted by Gasteiger charge is 2.33. The number of Topliss-reactive ketones (excluding diaryl/α,β-unsaturated/α-hetero) is 1. The molecular weight excluding hydrogens is 652 g/mol. The standard InChI is InChI=1S/C38H44N6O7/c1-24-19-27-20-28(14-15-31(27)50-24)41-35(42-30-9-5-6-18-44(37(30)49)23-32(45)43-16-7-8-17-43)29(21-39)34(47)25-10-12-26(13-11-25)36(48)40-22-33(46)51-38(2,3)4/h10-15,19-20,29-30H,5-9,16-18,22-23H2,1-4H3,(H,40,48)(H,41,42)/t29?,30-/m0/s1. The van der Waals surface area contributed by atoms with Crippen LogP contribution in [0.4, 0.5) is 5.69 Å². The molecule has 2 aliphatic rings. The van der Waals surface area contributed by atoms with E-state index in [1.807, 2.05) is 13.0 Å². The number of amidine groups is 1. The highest BCUT2D eigenvalue weighted by molar-refractivity contribution is 6.18. The molecule has 0 radical (unpaired) electrons. The number of anilines is 1. The van der Waals surface area contributed by atoms with Crippen LogP contribution in [-0.4, -0.2) is 89.5 Å². The molecule has 2 saturated heterocycles. The first-order valence-corrected chi connectivity index (χ1v) is 17.3. The third-order valence-corrected chi connectivity index (χ3v) is 8.65. The van der Waals surface area contributed by atoms with Gasteiger partial charge in [-0.3, -0.25) is 29.0 Å². The number of nitrogens with one attached hydrogen (secondary N) is 2. The summed E-state index contributed by atoms with van der Waals surface area (Å²) < 4.78 is 10.9. The van der Waals surface area contributed by atoms with Gasteiger partial charge in [-0.15, -0.1) is 0 Å². The van der Waals surface area contributed by atoms with Crippen molar-refractivity contribution >= 4 is 52.0 Å².